The monoisotopic (exact) mass is 347 g/mol. The number of nitriles is 1. The number of nitrogens with two attached hydrogens (primary N) is 1. The van der Waals surface area contributed by atoms with E-state index in [9.17, 15) is 0 Å². The molecule has 0 aliphatic carbocycles. The quantitative estimate of drug-likeness (QED) is 0.705. The molecule has 7 nitrogen and oxygen atoms in total. The molecule has 7 heteroatoms. The first-order valence-corrected chi connectivity index (χ1v) is 8.31. The molecular formula is C19H21N7. The predicted octanol–water partition coefficient (Wildman–Crippen LogP) is 3.12. The summed E-state index contributed by atoms with van der Waals surface area (Å²) < 4.78 is 1.63. The average Bonchev–Trinajstić information content (AvgIpc) is 3.08. The highest BCUT2D eigenvalue weighted by Crippen LogP contribution is 2.23. The smallest absolute Gasteiger partial charge is 0.164 e. The highest BCUT2D eigenvalue weighted by atomic mass is 15.3. The van der Waals surface area contributed by atoms with E-state index in [1.165, 1.54) is 6.20 Å². The second-order valence-electron chi connectivity index (χ2n) is 5.19. The van der Waals surface area contributed by atoms with E-state index in [4.69, 9.17) is 11.0 Å². The number of anilines is 2. The van der Waals surface area contributed by atoms with Gasteiger partial charge in [0.1, 0.15) is 6.04 Å². The van der Waals surface area contributed by atoms with Gasteiger partial charge in [0.15, 0.2) is 11.5 Å². The van der Waals surface area contributed by atoms with Crippen LogP contribution < -0.4 is 11.1 Å². The van der Waals surface area contributed by atoms with Gasteiger partial charge in [-0.2, -0.15) is 15.0 Å². The maximum absolute atomic E-state index is 8.94. The first kappa shape index (κ1) is 18.8. The van der Waals surface area contributed by atoms with Gasteiger partial charge >= 0.3 is 0 Å². The van der Waals surface area contributed by atoms with E-state index in [2.05, 4.69) is 38.3 Å². The van der Waals surface area contributed by atoms with Crippen molar-refractivity contribution < 1.29 is 0 Å². The topological polar surface area (TPSA) is 105 Å². The minimum atomic E-state index is -0.370. The maximum Gasteiger partial charge on any atom is 0.164 e. The molecule has 3 N–H and O–H groups in total. The van der Waals surface area contributed by atoms with Gasteiger partial charge in [0.05, 0.1) is 29.8 Å². The summed E-state index contributed by atoms with van der Waals surface area (Å²) >= 11 is 0. The number of rotatable bonds is 3. The van der Waals surface area contributed by atoms with Crippen LogP contribution in [0.1, 0.15) is 33.3 Å². The summed E-state index contributed by atoms with van der Waals surface area (Å²) in [6, 6.07) is 5.41. The van der Waals surface area contributed by atoms with Crippen molar-refractivity contribution in [3.8, 4) is 23.7 Å². The Balaban J connectivity index is 0.00000117. The fourth-order valence-corrected chi connectivity index (χ4v) is 2.26. The number of nitrogen functional groups attached to an aromatic ring is 1. The van der Waals surface area contributed by atoms with E-state index in [-0.39, 0.29) is 6.04 Å². The summed E-state index contributed by atoms with van der Waals surface area (Å²) in [5.41, 5.74) is 8.52. The SMILES string of the molecule is CC.CC#Cc1cnc2c(cnn2-c2cc(N[C@H](C)C#N)c(N)cn2)c1. The van der Waals surface area contributed by atoms with Gasteiger partial charge in [0, 0.05) is 23.2 Å². The van der Waals surface area contributed by atoms with Gasteiger partial charge in [-0.05, 0) is 19.9 Å². The Hall–Kier alpha value is -3.58. The van der Waals surface area contributed by atoms with Gasteiger partial charge in [-0.3, -0.25) is 0 Å². The first-order valence-electron chi connectivity index (χ1n) is 8.31. The summed E-state index contributed by atoms with van der Waals surface area (Å²) in [7, 11) is 0. The normalized spacial score (nSPS) is 10.7. The van der Waals surface area contributed by atoms with Crippen molar-refractivity contribution in [2.24, 2.45) is 0 Å². The minimum absolute atomic E-state index is 0.370. The zero-order valence-electron chi connectivity index (χ0n) is 15.3. The summed E-state index contributed by atoms with van der Waals surface area (Å²) in [4.78, 5) is 8.73. The number of nitrogens with one attached hydrogen (secondary N) is 1. The molecule has 26 heavy (non-hydrogen) atoms. The van der Waals surface area contributed by atoms with Gasteiger partial charge in [0.2, 0.25) is 0 Å². The molecule has 3 aromatic rings. The molecule has 0 saturated carbocycles. The number of hydrogen-bond donors (Lipinski definition) is 2. The Kier molecular flexibility index (Phi) is 6.13. The third-order valence-electron chi connectivity index (χ3n) is 3.38. The summed E-state index contributed by atoms with van der Waals surface area (Å²) in [5.74, 6) is 6.38. The van der Waals surface area contributed by atoms with Crippen molar-refractivity contribution in [1.82, 2.24) is 19.7 Å². The van der Waals surface area contributed by atoms with Crippen LogP contribution in [0.15, 0.2) is 30.7 Å². The number of hydrogen-bond acceptors (Lipinski definition) is 6. The largest absolute Gasteiger partial charge is 0.396 e. The number of fused-ring (bicyclic) bond motifs is 1. The van der Waals surface area contributed by atoms with Crippen molar-refractivity contribution in [2.75, 3.05) is 11.1 Å². The fraction of sp³-hybridized carbons (Fsp3) is 0.263. The Morgan fingerprint density at radius 1 is 1.19 bits per heavy atom. The fourth-order valence-electron chi connectivity index (χ4n) is 2.26. The lowest BCUT2D eigenvalue weighted by atomic mass is 10.2. The van der Waals surface area contributed by atoms with E-state index >= 15 is 0 Å². The van der Waals surface area contributed by atoms with Crippen LogP contribution in [0, 0.1) is 23.2 Å². The number of nitrogens with zero attached hydrogens (tertiary/aromatic N) is 5. The second-order valence-corrected chi connectivity index (χ2v) is 5.19. The molecule has 132 valence electrons. The molecule has 0 bridgehead atoms. The lowest BCUT2D eigenvalue weighted by Crippen LogP contribution is -2.14. The van der Waals surface area contributed by atoms with Gasteiger partial charge in [0.25, 0.3) is 0 Å². The van der Waals surface area contributed by atoms with Crippen LogP contribution in [0.4, 0.5) is 11.4 Å². The molecule has 0 aliphatic rings. The van der Waals surface area contributed by atoms with Gasteiger partial charge < -0.3 is 11.1 Å². The third kappa shape index (κ3) is 3.90. The molecule has 3 aromatic heterocycles. The molecule has 0 saturated heterocycles. The third-order valence-corrected chi connectivity index (χ3v) is 3.38. The molecule has 0 fully saturated rings. The summed E-state index contributed by atoms with van der Waals surface area (Å²) in [6.45, 7) is 7.53. The van der Waals surface area contributed by atoms with E-state index < -0.39 is 0 Å². The van der Waals surface area contributed by atoms with Crippen LogP contribution in [0.5, 0.6) is 0 Å². The average molecular weight is 347 g/mol. The molecule has 3 rings (SSSR count). The van der Waals surface area contributed by atoms with Crippen LogP contribution in [0.2, 0.25) is 0 Å². The maximum atomic E-state index is 8.94. The van der Waals surface area contributed by atoms with Crippen molar-refractivity contribution in [3.63, 3.8) is 0 Å². The van der Waals surface area contributed by atoms with Crippen molar-refractivity contribution in [3.05, 3.63) is 36.3 Å². The van der Waals surface area contributed by atoms with Crippen LogP contribution in [0.25, 0.3) is 16.9 Å². The molecule has 0 spiro atoms. The van der Waals surface area contributed by atoms with Crippen molar-refractivity contribution >= 4 is 22.4 Å². The van der Waals surface area contributed by atoms with Crippen molar-refractivity contribution in [1.29, 1.82) is 5.26 Å². The van der Waals surface area contributed by atoms with Gasteiger partial charge in [-0.15, -0.1) is 5.92 Å². The number of aromatic nitrogens is 4. The molecule has 0 aliphatic heterocycles. The van der Waals surface area contributed by atoms with Crippen LogP contribution in [-0.2, 0) is 0 Å². The highest BCUT2D eigenvalue weighted by molar-refractivity contribution is 5.78. The van der Waals surface area contributed by atoms with E-state index in [0.29, 0.717) is 22.8 Å². The Morgan fingerprint density at radius 2 is 1.96 bits per heavy atom. The predicted molar refractivity (Wildman–Crippen MR) is 104 cm³/mol. The second kappa shape index (κ2) is 8.50. The lowest BCUT2D eigenvalue weighted by molar-refractivity contribution is 0.862. The zero-order chi connectivity index (χ0) is 19.1. The lowest BCUT2D eigenvalue weighted by Gasteiger charge is -2.12. The van der Waals surface area contributed by atoms with E-state index in [1.54, 1.807) is 37.0 Å². The minimum Gasteiger partial charge on any atom is -0.396 e. The standard InChI is InChI=1S/C17H15N7.C2H6/c1-3-4-12-5-13-9-22-24(17(13)21-8-12)16-6-15(14(19)10-20-16)23-11(2)7-18;1-2/h5-6,8-11H,19H2,1-2H3,(H,20,23);1-2H3/t11-;/m1./s1. The van der Waals surface area contributed by atoms with E-state index in [0.717, 1.165) is 10.9 Å². The highest BCUT2D eigenvalue weighted by Gasteiger charge is 2.11. The number of pyridine rings is 2. The molecule has 0 aromatic carbocycles. The summed E-state index contributed by atoms with van der Waals surface area (Å²) in [5, 5.41) is 17.2. The van der Waals surface area contributed by atoms with E-state index in [1.807, 2.05) is 19.9 Å². The molecule has 3 heterocycles. The summed E-state index contributed by atoms with van der Waals surface area (Å²) in [6.07, 6.45) is 4.95. The molecular weight excluding hydrogens is 326 g/mol. The Labute approximate surface area is 152 Å². The molecule has 0 unspecified atom stereocenters. The van der Waals surface area contributed by atoms with Crippen LogP contribution in [0.3, 0.4) is 0 Å². The van der Waals surface area contributed by atoms with Crippen molar-refractivity contribution in [2.45, 2.75) is 33.7 Å². The molecule has 0 amide bonds. The Bertz CT molecular complexity index is 1000. The van der Waals surface area contributed by atoms with Crippen LogP contribution in [-0.4, -0.2) is 25.8 Å². The molecule has 0 radical (unpaired) electrons. The Morgan fingerprint density at radius 3 is 2.65 bits per heavy atom. The zero-order valence-corrected chi connectivity index (χ0v) is 15.3. The molecule has 1 atom stereocenters. The first-order chi connectivity index (χ1) is 12.6. The van der Waals surface area contributed by atoms with Gasteiger partial charge in [-0.1, -0.05) is 19.8 Å². The van der Waals surface area contributed by atoms with Crippen LogP contribution >= 0.6 is 0 Å². The van der Waals surface area contributed by atoms with Gasteiger partial charge in [-0.25, -0.2) is 9.97 Å².